The van der Waals surface area contributed by atoms with Crippen LogP contribution in [0.1, 0.15) is 32.6 Å². The largest absolute Gasteiger partial charge is 0.392 e. The summed E-state index contributed by atoms with van der Waals surface area (Å²) in [5.74, 6) is 1.67. The van der Waals surface area contributed by atoms with E-state index in [-0.39, 0.29) is 16.7 Å². The lowest BCUT2D eigenvalue weighted by Gasteiger charge is -2.25. The fourth-order valence-electron chi connectivity index (χ4n) is 2.10. The second kappa shape index (κ2) is 4.53. The topological polar surface area (TPSA) is 55.1 Å². The molecule has 2 atom stereocenters. The Morgan fingerprint density at radius 1 is 1.62 bits per heavy atom. The van der Waals surface area contributed by atoms with Crippen molar-refractivity contribution < 1.29 is 4.79 Å². The van der Waals surface area contributed by atoms with Crippen molar-refractivity contribution in [1.82, 2.24) is 5.32 Å². The molecule has 3 nitrogen and oxygen atoms in total. The van der Waals surface area contributed by atoms with Gasteiger partial charge in [0.05, 0.1) is 15.8 Å². The Labute approximate surface area is 106 Å². The lowest BCUT2D eigenvalue weighted by atomic mass is 10.0. The van der Waals surface area contributed by atoms with Gasteiger partial charge in [0.15, 0.2) is 0 Å². The molecule has 0 aromatic carbocycles. The molecular weight excluding hydrogens is 240 g/mol. The molecular formula is C11H18N2OS2. The van der Waals surface area contributed by atoms with Gasteiger partial charge in [-0.2, -0.15) is 0 Å². The van der Waals surface area contributed by atoms with Crippen molar-refractivity contribution >= 4 is 34.9 Å². The maximum Gasteiger partial charge on any atom is 0.236 e. The van der Waals surface area contributed by atoms with Gasteiger partial charge in [0.1, 0.15) is 0 Å². The smallest absolute Gasteiger partial charge is 0.236 e. The minimum Gasteiger partial charge on any atom is -0.392 e. The van der Waals surface area contributed by atoms with Gasteiger partial charge in [0.2, 0.25) is 5.91 Å². The molecule has 5 heteroatoms. The van der Waals surface area contributed by atoms with Crippen LogP contribution < -0.4 is 11.1 Å². The second-order valence-electron chi connectivity index (χ2n) is 4.87. The maximum absolute atomic E-state index is 12.2. The standard InChI is InChI=1S/C11H18N2OS2/c1-11(5-2-6-16-11)10(14)13-8(9(12)15)7-3-4-7/h7-8H,2-6H2,1H3,(H2,12,15)(H,13,14). The van der Waals surface area contributed by atoms with Crippen molar-refractivity contribution in [3.8, 4) is 0 Å². The molecule has 1 saturated carbocycles. The third-order valence-electron chi connectivity index (χ3n) is 3.39. The highest BCUT2D eigenvalue weighted by Crippen LogP contribution is 2.39. The van der Waals surface area contributed by atoms with E-state index in [9.17, 15) is 4.79 Å². The van der Waals surface area contributed by atoms with Crippen molar-refractivity contribution in [3.05, 3.63) is 0 Å². The SMILES string of the molecule is CC1(C(=O)NC(C(N)=S)C2CC2)CCCS1. The van der Waals surface area contributed by atoms with Crippen LogP contribution in [0, 0.1) is 5.92 Å². The van der Waals surface area contributed by atoms with E-state index in [1.807, 2.05) is 6.92 Å². The number of thiocarbonyl (C=S) groups is 1. The summed E-state index contributed by atoms with van der Waals surface area (Å²) in [7, 11) is 0. The second-order valence-corrected chi connectivity index (χ2v) is 6.94. The number of hydrogen-bond acceptors (Lipinski definition) is 3. The molecule has 2 aliphatic rings. The first-order chi connectivity index (χ1) is 7.53. The average molecular weight is 258 g/mol. The first kappa shape index (κ1) is 12.2. The molecule has 1 aliphatic heterocycles. The Balaban J connectivity index is 1.97. The molecule has 1 saturated heterocycles. The van der Waals surface area contributed by atoms with Crippen LogP contribution in [0.5, 0.6) is 0 Å². The van der Waals surface area contributed by atoms with E-state index in [2.05, 4.69) is 5.32 Å². The van der Waals surface area contributed by atoms with E-state index in [4.69, 9.17) is 18.0 Å². The molecule has 1 amide bonds. The van der Waals surface area contributed by atoms with E-state index >= 15 is 0 Å². The summed E-state index contributed by atoms with van der Waals surface area (Å²) >= 11 is 6.76. The number of carbonyl (C=O) groups excluding carboxylic acids is 1. The number of carbonyl (C=O) groups is 1. The quantitative estimate of drug-likeness (QED) is 0.750. The number of nitrogens with one attached hydrogen (secondary N) is 1. The minimum atomic E-state index is -0.266. The predicted octanol–water partition coefficient (Wildman–Crippen LogP) is 1.45. The lowest BCUT2D eigenvalue weighted by Crippen LogP contribution is -2.51. The number of amides is 1. The normalized spacial score (nSPS) is 31.1. The molecule has 3 N–H and O–H groups in total. The summed E-state index contributed by atoms with van der Waals surface area (Å²) in [6.07, 6.45) is 4.34. The predicted molar refractivity (Wildman–Crippen MR) is 71.5 cm³/mol. The molecule has 0 aromatic heterocycles. The highest BCUT2D eigenvalue weighted by atomic mass is 32.2. The van der Waals surface area contributed by atoms with Crippen LogP contribution in [0.25, 0.3) is 0 Å². The molecule has 1 heterocycles. The Morgan fingerprint density at radius 3 is 2.75 bits per heavy atom. The summed E-state index contributed by atoms with van der Waals surface area (Å²) in [5.41, 5.74) is 5.68. The van der Waals surface area contributed by atoms with Crippen LogP contribution in [-0.2, 0) is 4.79 Å². The van der Waals surface area contributed by atoms with Gasteiger partial charge in [-0.3, -0.25) is 4.79 Å². The third kappa shape index (κ3) is 2.51. The van der Waals surface area contributed by atoms with E-state index in [1.165, 1.54) is 0 Å². The van der Waals surface area contributed by atoms with Crippen LogP contribution in [0.3, 0.4) is 0 Å². The zero-order chi connectivity index (χ0) is 11.8. The van der Waals surface area contributed by atoms with E-state index in [0.29, 0.717) is 10.9 Å². The fourth-order valence-corrected chi connectivity index (χ4v) is 3.57. The summed E-state index contributed by atoms with van der Waals surface area (Å²) in [5, 5.41) is 3.03. The maximum atomic E-state index is 12.2. The molecule has 0 radical (unpaired) electrons. The molecule has 2 fully saturated rings. The monoisotopic (exact) mass is 258 g/mol. The van der Waals surface area contributed by atoms with Gasteiger partial charge in [0, 0.05) is 0 Å². The van der Waals surface area contributed by atoms with Gasteiger partial charge in [-0.1, -0.05) is 12.2 Å². The summed E-state index contributed by atoms with van der Waals surface area (Å²) < 4.78 is -0.266. The number of thioether (sulfide) groups is 1. The molecule has 2 unspecified atom stereocenters. The van der Waals surface area contributed by atoms with Gasteiger partial charge in [-0.15, -0.1) is 11.8 Å². The number of hydrogen-bond donors (Lipinski definition) is 2. The molecule has 0 bridgehead atoms. The molecule has 0 aromatic rings. The van der Waals surface area contributed by atoms with Crippen molar-refractivity contribution in [1.29, 1.82) is 0 Å². The first-order valence-corrected chi connectivity index (χ1v) is 7.16. The van der Waals surface area contributed by atoms with Gasteiger partial charge in [-0.05, 0) is 44.3 Å². The Bertz CT molecular complexity index is 309. The fraction of sp³-hybridized carbons (Fsp3) is 0.818. The highest BCUT2D eigenvalue weighted by Gasteiger charge is 2.41. The van der Waals surface area contributed by atoms with Crippen molar-refractivity contribution in [2.45, 2.75) is 43.4 Å². The molecule has 2 rings (SSSR count). The van der Waals surface area contributed by atoms with Gasteiger partial charge < -0.3 is 11.1 Å². The minimum absolute atomic E-state index is 0.0828. The Morgan fingerprint density at radius 2 is 2.31 bits per heavy atom. The summed E-state index contributed by atoms with van der Waals surface area (Å²) in [4.78, 5) is 12.6. The zero-order valence-corrected chi connectivity index (χ0v) is 11.1. The Hall–Kier alpha value is -0.290. The number of rotatable bonds is 4. The van der Waals surface area contributed by atoms with E-state index in [0.717, 1.165) is 31.4 Å². The van der Waals surface area contributed by atoms with E-state index < -0.39 is 0 Å². The van der Waals surface area contributed by atoms with Gasteiger partial charge in [-0.25, -0.2) is 0 Å². The molecule has 1 aliphatic carbocycles. The van der Waals surface area contributed by atoms with Crippen molar-refractivity contribution in [2.24, 2.45) is 11.7 Å². The third-order valence-corrected chi connectivity index (χ3v) is 5.16. The summed E-state index contributed by atoms with van der Waals surface area (Å²) in [6, 6.07) is -0.0828. The first-order valence-electron chi connectivity index (χ1n) is 5.77. The van der Waals surface area contributed by atoms with Gasteiger partial charge >= 0.3 is 0 Å². The van der Waals surface area contributed by atoms with Crippen LogP contribution in [0.15, 0.2) is 0 Å². The molecule has 90 valence electrons. The van der Waals surface area contributed by atoms with Crippen LogP contribution in [-0.4, -0.2) is 27.4 Å². The van der Waals surface area contributed by atoms with Crippen molar-refractivity contribution in [3.63, 3.8) is 0 Å². The number of nitrogens with two attached hydrogens (primary N) is 1. The highest BCUT2D eigenvalue weighted by molar-refractivity contribution is 8.01. The molecule has 16 heavy (non-hydrogen) atoms. The Kier molecular flexibility index (Phi) is 3.45. The van der Waals surface area contributed by atoms with Crippen molar-refractivity contribution in [2.75, 3.05) is 5.75 Å². The van der Waals surface area contributed by atoms with Crippen LogP contribution in [0.4, 0.5) is 0 Å². The molecule has 0 spiro atoms. The average Bonchev–Trinajstić information content (AvgIpc) is 2.96. The zero-order valence-electron chi connectivity index (χ0n) is 9.49. The van der Waals surface area contributed by atoms with E-state index in [1.54, 1.807) is 11.8 Å². The van der Waals surface area contributed by atoms with Gasteiger partial charge in [0.25, 0.3) is 0 Å². The van der Waals surface area contributed by atoms with Crippen LogP contribution >= 0.6 is 24.0 Å². The lowest BCUT2D eigenvalue weighted by molar-refractivity contribution is -0.123. The van der Waals surface area contributed by atoms with Crippen LogP contribution in [0.2, 0.25) is 0 Å². The summed E-state index contributed by atoms with van der Waals surface area (Å²) in [6.45, 7) is 2.02.